The number of rotatable bonds is 2. The van der Waals surface area contributed by atoms with Crippen molar-refractivity contribution in [2.24, 2.45) is 0 Å². The lowest BCUT2D eigenvalue weighted by molar-refractivity contribution is -0.135. The minimum absolute atomic E-state index is 0.0826. The zero-order chi connectivity index (χ0) is 14.5. The number of hydrogen-bond donors (Lipinski definition) is 2. The molecule has 7 heteroatoms. The fourth-order valence-corrected chi connectivity index (χ4v) is 2.28. The number of amides is 2. The average Bonchev–Trinajstić information content (AvgIpc) is 3.17. The monoisotopic (exact) mass is 275 g/mol. The molecule has 106 valence electrons. The van der Waals surface area contributed by atoms with Gasteiger partial charge in [-0.05, 0) is 26.7 Å². The van der Waals surface area contributed by atoms with Gasteiger partial charge in [-0.25, -0.2) is 9.97 Å². The summed E-state index contributed by atoms with van der Waals surface area (Å²) in [6.45, 7) is 3.59. The molecule has 3 rings (SSSR count). The Hall–Kier alpha value is -2.18. The molecule has 2 heterocycles. The second-order valence-electron chi connectivity index (χ2n) is 5.81. The first-order valence-corrected chi connectivity index (χ1v) is 6.64. The van der Waals surface area contributed by atoms with Crippen LogP contribution >= 0.6 is 0 Å². The zero-order valence-corrected chi connectivity index (χ0v) is 11.5. The first kappa shape index (κ1) is 12.8. The van der Waals surface area contributed by atoms with Crippen LogP contribution in [0.25, 0.3) is 0 Å². The molecule has 0 atom stereocenters. The van der Waals surface area contributed by atoms with E-state index >= 15 is 0 Å². The molecule has 0 bridgehead atoms. The highest BCUT2D eigenvalue weighted by Crippen LogP contribution is 2.39. The summed E-state index contributed by atoms with van der Waals surface area (Å²) in [7, 11) is 0. The fraction of sp³-hybridized carbons (Fsp3) is 0.538. The highest BCUT2D eigenvalue weighted by Gasteiger charge is 2.42. The van der Waals surface area contributed by atoms with E-state index in [2.05, 4.69) is 15.3 Å². The van der Waals surface area contributed by atoms with Crippen molar-refractivity contribution in [3.63, 3.8) is 0 Å². The molecule has 1 saturated carbocycles. The van der Waals surface area contributed by atoms with Crippen molar-refractivity contribution in [1.29, 1.82) is 0 Å². The first-order valence-electron chi connectivity index (χ1n) is 6.64. The maximum atomic E-state index is 12.0. The lowest BCUT2D eigenvalue weighted by Gasteiger charge is -2.41. The number of nitrogens with zero attached hydrogens (tertiary/aromatic N) is 3. The van der Waals surface area contributed by atoms with E-state index in [0.29, 0.717) is 23.4 Å². The molecular formula is C13H17N5O2. The Morgan fingerprint density at radius 3 is 2.70 bits per heavy atom. The Labute approximate surface area is 116 Å². The maximum Gasteiger partial charge on any atom is 0.251 e. The SMILES string of the molecule is CC1(C)C(=O)NC(=O)CN1c1cc(N)nc(C2CC2)n1. The molecule has 2 fully saturated rings. The number of imide groups is 1. The quantitative estimate of drug-likeness (QED) is 0.746. The molecule has 0 radical (unpaired) electrons. The maximum absolute atomic E-state index is 12.0. The van der Waals surface area contributed by atoms with Gasteiger partial charge in [0.15, 0.2) is 0 Å². The molecule has 0 spiro atoms. The van der Waals surface area contributed by atoms with E-state index in [1.165, 1.54) is 0 Å². The lowest BCUT2D eigenvalue weighted by Crippen LogP contribution is -2.64. The number of nitrogens with two attached hydrogens (primary N) is 1. The number of carbonyl (C=O) groups is 2. The predicted molar refractivity (Wildman–Crippen MR) is 73.0 cm³/mol. The van der Waals surface area contributed by atoms with Gasteiger partial charge in [-0.3, -0.25) is 14.9 Å². The summed E-state index contributed by atoms with van der Waals surface area (Å²) in [6.07, 6.45) is 2.12. The number of carbonyl (C=O) groups excluding carboxylic acids is 2. The highest BCUT2D eigenvalue weighted by atomic mass is 16.2. The predicted octanol–water partition coefficient (Wildman–Crippen LogP) is 0.178. The van der Waals surface area contributed by atoms with Crippen molar-refractivity contribution in [2.45, 2.75) is 38.1 Å². The van der Waals surface area contributed by atoms with Crippen molar-refractivity contribution in [3.05, 3.63) is 11.9 Å². The topological polar surface area (TPSA) is 101 Å². The summed E-state index contributed by atoms with van der Waals surface area (Å²) in [6, 6.07) is 1.61. The molecule has 2 amide bonds. The number of anilines is 2. The Morgan fingerprint density at radius 2 is 2.05 bits per heavy atom. The molecule has 7 nitrogen and oxygen atoms in total. The Morgan fingerprint density at radius 1 is 1.35 bits per heavy atom. The fourth-order valence-electron chi connectivity index (χ4n) is 2.28. The molecular weight excluding hydrogens is 258 g/mol. The van der Waals surface area contributed by atoms with Crippen molar-refractivity contribution in [2.75, 3.05) is 17.2 Å². The third kappa shape index (κ3) is 2.09. The van der Waals surface area contributed by atoms with Crippen molar-refractivity contribution in [3.8, 4) is 0 Å². The molecule has 20 heavy (non-hydrogen) atoms. The van der Waals surface area contributed by atoms with Gasteiger partial charge >= 0.3 is 0 Å². The van der Waals surface area contributed by atoms with E-state index in [4.69, 9.17) is 5.73 Å². The summed E-state index contributed by atoms with van der Waals surface area (Å²) in [4.78, 5) is 34.0. The van der Waals surface area contributed by atoms with Crippen LogP contribution in [0.1, 0.15) is 38.4 Å². The van der Waals surface area contributed by atoms with Gasteiger partial charge in [0.2, 0.25) is 5.91 Å². The van der Waals surface area contributed by atoms with Gasteiger partial charge in [0.05, 0.1) is 6.54 Å². The Bertz CT molecular complexity index is 594. The van der Waals surface area contributed by atoms with Crippen LogP contribution in [0.4, 0.5) is 11.6 Å². The van der Waals surface area contributed by atoms with E-state index in [0.717, 1.165) is 12.8 Å². The molecule has 1 aromatic rings. The molecule has 3 N–H and O–H groups in total. The van der Waals surface area contributed by atoms with Crippen LogP contribution in [0.2, 0.25) is 0 Å². The largest absolute Gasteiger partial charge is 0.384 e. The van der Waals surface area contributed by atoms with E-state index in [9.17, 15) is 9.59 Å². The van der Waals surface area contributed by atoms with Gasteiger partial charge in [-0.15, -0.1) is 0 Å². The second-order valence-corrected chi connectivity index (χ2v) is 5.81. The summed E-state index contributed by atoms with van der Waals surface area (Å²) < 4.78 is 0. The van der Waals surface area contributed by atoms with Gasteiger partial charge in [0.1, 0.15) is 23.0 Å². The molecule has 1 aliphatic carbocycles. The number of piperazine rings is 1. The molecule has 0 unspecified atom stereocenters. The van der Waals surface area contributed by atoms with Crippen LogP contribution in [-0.4, -0.2) is 33.9 Å². The lowest BCUT2D eigenvalue weighted by atomic mass is 9.99. The van der Waals surface area contributed by atoms with Crippen molar-refractivity contribution < 1.29 is 9.59 Å². The van der Waals surface area contributed by atoms with Crippen LogP contribution in [0.15, 0.2) is 6.07 Å². The van der Waals surface area contributed by atoms with Gasteiger partial charge < -0.3 is 10.6 Å². The highest BCUT2D eigenvalue weighted by molar-refractivity contribution is 6.06. The summed E-state index contributed by atoms with van der Waals surface area (Å²) in [5.41, 5.74) is 4.97. The van der Waals surface area contributed by atoms with E-state index < -0.39 is 5.54 Å². The third-order valence-electron chi connectivity index (χ3n) is 3.75. The van der Waals surface area contributed by atoms with Crippen molar-refractivity contribution in [1.82, 2.24) is 15.3 Å². The standard InChI is InChI=1S/C13H17N5O2/c1-13(2)12(20)17-10(19)6-18(13)9-5-8(14)15-11(16-9)7-3-4-7/h5,7H,3-4,6H2,1-2H3,(H2,14,15,16)(H,17,19,20). The number of nitrogens with one attached hydrogen (secondary N) is 1. The molecule has 0 aromatic carbocycles. The molecule has 2 aliphatic rings. The van der Waals surface area contributed by atoms with Crippen LogP contribution < -0.4 is 16.0 Å². The summed E-state index contributed by atoms with van der Waals surface area (Å²) in [5.74, 6) is 1.29. The summed E-state index contributed by atoms with van der Waals surface area (Å²) in [5, 5.41) is 2.34. The molecule has 1 saturated heterocycles. The normalized spacial score (nSPS) is 21.8. The van der Waals surface area contributed by atoms with E-state index in [-0.39, 0.29) is 18.4 Å². The van der Waals surface area contributed by atoms with Crippen LogP contribution in [0.3, 0.4) is 0 Å². The minimum Gasteiger partial charge on any atom is -0.384 e. The van der Waals surface area contributed by atoms with Crippen molar-refractivity contribution >= 4 is 23.5 Å². The second kappa shape index (κ2) is 4.16. The first-order chi connectivity index (χ1) is 9.38. The van der Waals surface area contributed by atoms with E-state index in [1.54, 1.807) is 24.8 Å². The third-order valence-corrected chi connectivity index (χ3v) is 3.75. The number of nitrogen functional groups attached to an aromatic ring is 1. The van der Waals surface area contributed by atoms with Crippen LogP contribution in [-0.2, 0) is 9.59 Å². The van der Waals surface area contributed by atoms with Crippen LogP contribution in [0.5, 0.6) is 0 Å². The van der Waals surface area contributed by atoms with Crippen LogP contribution in [0, 0.1) is 0 Å². The van der Waals surface area contributed by atoms with Gasteiger partial charge in [-0.2, -0.15) is 0 Å². The van der Waals surface area contributed by atoms with Gasteiger partial charge in [0, 0.05) is 12.0 Å². The Balaban J connectivity index is 2.01. The van der Waals surface area contributed by atoms with E-state index in [1.807, 2.05) is 0 Å². The van der Waals surface area contributed by atoms with Gasteiger partial charge in [-0.1, -0.05) is 0 Å². The zero-order valence-electron chi connectivity index (χ0n) is 11.5. The number of aromatic nitrogens is 2. The number of hydrogen-bond acceptors (Lipinski definition) is 6. The molecule has 1 aliphatic heterocycles. The summed E-state index contributed by atoms with van der Waals surface area (Å²) >= 11 is 0. The smallest absolute Gasteiger partial charge is 0.251 e. The Kier molecular flexibility index (Phi) is 2.67. The average molecular weight is 275 g/mol. The minimum atomic E-state index is -0.852. The van der Waals surface area contributed by atoms with Gasteiger partial charge in [0.25, 0.3) is 5.91 Å². The molecule has 1 aromatic heterocycles.